The molecule has 5 nitrogen and oxygen atoms in total. The van der Waals surface area contributed by atoms with Gasteiger partial charge < -0.3 is 10.6 Å². The smallest absolute Gasteiger partial charge is 0.276 e. The lowest BCUT2D eigenvalue weighted by Gasteiger charge is -2.07. The van der Waals surface area contributed by atoms with Crippen molar-refractivity contribution < 1.29 is 9.18 Å². The van der Waals surface area contributed by atoms with E-state index in [0.717, 1.165) is 5.56 Å². The van der Waals surface area contributed by atoms with Gasteiger partial charge in [0.2, 0.25) is 0 Å². The molecule has 0 aliphatic rings. The van der Waals surface area contributed by atoms with Gasteiger partial charge >= 0.3 is 0 Å². The van der Waals surface area contributed by atoms with E-state index in [1.807, 2.05) is 31.2 Å². The highest BCUT2D eigenvalue weighted by atomic mass is 35.5. The summed E-state index contributed by atoms with van der Waals surface area (Å²) in [7, 11) is 0. The van der Waals surface area contributed by atoms with E-state index in [1.165, 1.54) is 18.2 Å². The average Bonchev–Trinajstić information content (AvgIpc) is 2.61. The van der Waals surface area contributed by atoms with Crippen LogP contribution in [0.3, 0.4) is 0 Å². The summed E-state index contributed by atoms with van der Waals surface area (Å²) in [6.07, 6.45) is 0. The van der Waals surface area contributed by atoms with Crippen molar-refractivity contribution in [3.8, 4) is 0 Å². The molecular weight excluding hydrogens is 343 g/mol. The summed E-state index contributed by atoms with van der Waals surface area (Å²) in [5, 5.41) is 13.5. The summed E-state index contributed by atoms with van der Waals surface area (Å²) in [6, 6.07) is 14.8. The van der Waals surface area contributed by atoms with E-state index in [0.29, 0.717) is 17.2 Å². The lowest BCUT2D eigenvalue weighted by Crippen LogP contribution is -2.14. The first-order valence-electron chi connectivity index (χ1n) is 7.45. The Kier molecular flexibility index (Phi) is 4.90. The third-order valence-electron chi connectivity index (χ3n) is 3.40. The Morgan fingerprint density at radius 2 is 1.72 bits per heavy atom. The molecule has 126 valence electrons. The van der Waals surface area contributed by atoms with Gasteiger partial charge in [0, 0.05) is 11.4 Å². The summed E-state index contributed by atoms with van der Waals surface area (Å²) in [5.41, 5.74) is 2.54. The van der Waals surface area contributed by atoms with Gasteiger partial charge in [-0.2, -0.15) is 0 Å². The number of anilines is 3. The zero-order valence-corrected chi connectivity index (χ0v) is 14.0. The van der Waals surface area contributed by atoms with Gasteiger partial charge in [0.1, 0.15) is 5.82 Å². The first-order chi connectivity index (χ1) is 12.0. The lowest BCUT2D eigenvalue weighted by molar-refractivity contribution is 0.102. The van der Waals surface area contributed by atoms with Crippen LogP contribution in [-0.4, -0.2) is 16.1 Å². The number of aryl methyl sites for hydroxylation is 1. The molecule has 3 rings (SSSR count). The highest BCUT2D eigenvalue weighted by molar-refractivity contribution is 6.31. The second-order valence-electron chi connectivity index (χ2n) is 5.38. The van der Waals surface area contributed by atoms with Crippen molar-refractivity contribution in [2.45, 2.75) is 6.92 Å². The van der Waals surface area contributed by atoms with Crippen LogP contribution in [-0.2, 0) is 0 Å². The van der Waals surface area contributed by atoms with Gasteiger partial charge in [-0.25, -0.2) is 4.39 Å². The van der Waals surface area contributed by atoms with Gasteiger partial charge in [0.05, 0.1) is 5.02 Å². The number of amides is 1. The van der Waals surface area contributed by atoms with Crippen LogP contribution in [0.25, 0.3) is 0 Å². The zero-order chi connectivity index (χ0) is 17.8. The van der Waals surface area contributed by atoms with Crippen LogP contribution >= 0.6 is 11.6 Å². The van der Waals surface area contributed by atoms with Crippen molar-refractivity contribution >= 4 is 34.7 Å². The summed E-state index contributed by atoms with van der Waals surface area (Å²) in [6.45, 7) is 1.97. The van der Waals surface area contributed by atoms with Crippen molar-refractivity contribution in [2.75, 3.05) is 10.6 Å². The molecule has 1 aromatic heterocycles. The number of benzene rings is 2. The van der Waals surface area contributed by atoms with Crippen molar-refractivity contribution in [1.29, 1.82) is 0 Å². The molecular formula is C18H14ClFN4O. The van der Waals surface area contributed by atoms with Crippen LogP contribution in [0, 0.1) is 12.7 Å². The molecule has 3 aromatic rings. The monoisotopic (exact) mass is 356 g/mol. The number of halogens is 2. The normalized spacial score (nSPS) is 10.4. The maximum atomic E-state index is 13.1. The predicted octanol–water partition coefficient (Wildman–Crippen LogP) is 4.57. The van der Waals surface area contributed by atoms with E-state index in [-0.39, 0.29) is 16.6 Å². The Bertz CT molecular complexity index is 898. The maximum Gasteiger partial charge on any atom is 0.276 e. The van der Waals surface area contributed by atoms with E-state index in [2.05, 4.69) is 20.8 Å². The van der Waals surface area contributed by atoms with Crippen LogP contribution in [0.2, 0.25) is 5.02 Å². The third-order valence-corrected chi connectivity index (χ3v) is 3.69. The van der Waals surface area contributed by atoms with Crippen LogP contribution in [0.1, 0.15) is 16.1 Å². The van der Waals surface area contributed by atoms with E-state index in [4.69, 9.17) is 11.6 Å². The van der Waals surface area contributed by atoms with E-state index < -0.39 is 5.82 Å². The summed E-state index contributed by atoms with van der Waals surface area (Å²) in [5.74, 6) is -0.441. The molecule has 25 heavy (non-hydrogen) atoms. The summed E-state index contributed by atoms with van der Waals surface area (Å²) in [4.78, 5) is 12.2. The fraction of sp³-hybridized carbons (Fsp3) is 0.0556. The summed E-state index contributed by atoms with van der Waals surface area (Å²) >= 11 is 5.73. The fourth-order valence-electron chi connectivity index (χ4n) is 2.07. The molecule has 0 aliphatic carbocycles. The topological polar surface area (TPSA) is 66.9 Å². The quantitative estimate of drug-likeness (QED) is 0.718. The molecule has 0 fully saturated rings. The van der Waals surface area contributed by atoms with Gasteiger partial charge in [-0.15, -0.1) is 10.2 Å². The fourth-order valence-corrected chi connectivity index (χ4v) is 2.25. The number of nitrogens with zero attached hydrogens (tertiary/aromatic N) is 2. The predicted molar refractivity (Wildman–Crippen MR) is 95.9 cm³/mol. The number of carbonyl (C=O) groups excluding carboxylic acids is 1. The SMILES string of the molecule is Cc1ccc(NC(=O)c2ccc(Nc3ccc(F)c(Cl)c3)nn2)cc1. The van der Waals surface area contributed by atoms with Gasteiger partial charge in [0.15, 0.2) is 11.5 Å². The molecule has 0 radical (unpaired) electrons. The van der Waals surface area contributed by atoms with E-state index in [9.17, 15) is 9.18 Å². The molecule has 0 saturated heterocycles. The van der Waals surface area contributed by atoms with Crippen LogP contribution in [0.4, 0.5) is 21.6 Å². The molecule has 0 bridgehead atoms. The summed E-state index contributed by atoms with van der Waals surface area (Å²) < 4.78 is 13.1. The number of nitrogens with one attached hydrogen (secondary N) is 2. The number of hydrogen-bond acceptors (Lipinski definition) is 4. The zero-order valence-electron chi connectivity index (χ0n) is 13.3. The largest absolute Gasteiger partial charge is 0.339 e. The van der Waals surface area contributed by atoms with Crippen molar-refractivity contribution in [3.05, 3.63) is 76.7 Å². The minimum Gasteiger partial charge on any atom is -0.339 e. The van der Waals surface area contributed by atoms with Gasteiger partial charge in [-0.1, -0.05) is 29.3 Å². The Labute approximate surface area is 148 Å². The van der Waals surface area contributed by atoms with Gasteiger partial charge in [-0.3, -0.25) is 4.79 Å². The second-order valence-corrected chi connectivity index (χ2v) is 5.79. The molecule has 0 unspecified atom stereocenters. The molecule has 1 amide bonds. The van der Waals surface area contributed by atoms with Crippen molar-refractivity contribution in [2.24, 2.45) is 0 Å². The Morgan fingerprint density at radius 1 is 1.00 bits per heavy atom. The minimum absolute atomic E-state index is 0.00653. The number of rotatable bonds is 4. The van der Waals surface area contributed by atoms with Gasteiger partial charge in [-0.05, 0) is 49.4 Å². The second kappa shape index (κ2) is 7.27. The van der Waals surface area contributed by atoms with Crippen LogP contribution in [0.15, 0.2) is 54.6 Å². The molecule has 7 heteroatoms. The molecule has 2 aromatic carbocycles. The first-order valence-corrected chi connectivity index (χ1v) is 7.83. The highest BCUT2D eigenvalue weighted by Gasteiger charge is 2.09. The highest BCUT2D eigenvalue weighted by Crippen LogP contribution is 2.21. The molecule has 1 heterocycles. The molecule has 0 atom stereocenters. The van der Waals surface area contributed by atoms with Crippen LogP contribution in [0.5, 0.6) is 0 Å². The number of carbonyl (C=O) groups is 1. The standard InChI is InChI=1S/C18H14ClFN4O/c1-11-2-4-12(5-3-11)22-18(25)16-8-9-17(24-23-16)21-13-6-7-15(20)14(19)10-13/h2-10H,1H3,(H,21,24)(H,22,25). The van der Waals surface area contributed by atoms with Gasteiger partial charge in [0.25, 0.3) is 5.91 Å². The number of aromatic nitrogens is 2. The molecule has 0 saturated carbocycles. The van der Waals surface area contributed by atoms with E-state index in [1.54, 1.807) is 12.1 Å². The Balaban J connectivity index is 1.67. The Hall–Kier alpha value is -2.99. The van der Waals surface area contributed by atoms with E-state index >= 15 is 0 Å². The van der Waals surface area contributed by atoms with Crippen molar-refractivity contribution in [1.82, 2.24) is 10.2 Å². The lowest BCUT2D eigenvalue weighted by atomic mass is 10.2. The molecule has 0 spiro atoms. The molecule has 2 N–H and O–H groups in total. The third kappa shape index (κ3) is 4.30. The maximum absolute atomic E-state index is 13.1. The first kappa shape index (κ1) is 16.9. The van der Waals surface area contributed by atoms with Crippen molar-refractivity contribution in [3.63, 3.8) is 0 Å². The molecule has 0 aliphatic heterocycles. The minimum atomic E-state index is -0.499. The Morgan fingerprint density at radius 3 is 2.36 bits per heavy atom. The average molecular weight is 357 g/mol. The number of hydrogen-bond donors (Lipinski definition) is 2. The van der Waals surface area contributed by atoms with Crippen LogP contribution < -0.4 is 10.6 Å².